The van der Waals surface area contributed by atoms with E-state index >= 15 is 0 Å². The second-order valence-corrected chi connectivity index (χ2v) is 8.21. The molecule has 9 heteroatoms. The molecule has 0 radical (unpaired) electrons. The maximum atomic E-state index is 13.2. The zero-order valence-corrected chi connectivity index (χ0v) is 15.8. The highest BCUT2D eigenvalue weighted by Gasteiger charge is 2.27. The van der Waals surface area contributed by atoms with Crippen LogP contribution in [0.3, 0.4) is 0 Å². The average Bonchev–Trinajstić information content (AvgIpc) is 2.67. The molecule has 0 amide bonds. The normalized spacial score (nSPS) is 15.5. The molecule has 0 N–H and O–H groups in total. The molecule has 0 aliphatic carbocycles. The summed E-state index contributed by atoms with van der Waals surface area (Å²) in [6, 6.07) is 9.51. The van der Waals surface area contributed by atoms with Crippen LogP contribution in [-0.2, 0) is 26.1 Å². The van der Waals surface area contributed by atoms with Gasteiger partial charge in [-0.25, -0.2) is 17.6 Å². The molecule has 1 saturated heterocycles. The van der Waals surface area contributed by atoms with Crippen molar-refractivity contribution in [2.75, 3.05) is 26.3 Å². The van der Waals surface area contributed by atoms with Crippen molar-refractivity contribution in [3.63, 3.8) is 0 Å². The number of halogens is 2. The number of sulfonamides is 1. The summed E-state index contributed by atoms with van der Waals surface area (Å²) in [5.74, 6) is -1.23. The van der Waals surface area contributed by atoms with Gasteiger partial charge in [-0.2, -0.15) is 4.31 Å². The van der Waals surface area contributed by atoms with Gasteiger partial charge in [0.1, 0.15) is 12.4 Å². The fourth-order valence-electron chi connectivity index (χ4n) is 2.61. The van der Waals surface area contributed by atoms with E-state index in [0.717, 1.165) is 0 Å². The quantitative estimate of drug-likeness (QED) is 0.705. The smallest absolute Gasteiger partial charge is 0.340 e. The number of rotatable bonds is 5. The van der Waals surface area contributed by atoms with E-state index in [4.69, 9.17) is 21.1 Å². The van der Waals surface area contributed by atoms with Crippen LogP contribution < -0.4 is 0 Å². The van der Waals surface area contributed by atoms with Crippen LogP contribution in [0.15, 0.2) is 47.4 Å². The molecule has 2 aromatic rings. The lowest BCUT2D eigenvalue weighted by atomic mass is 10.2. The average molecular weight is 414 g/mol. The molecular weight excluding hydrogens is 397 g/mol. The summed E-state index contributed by atoms with van der Waals surface area (Å²) in [6.07, 6.45) is 0. The third kappa shape index (κ3) is 4.65. The number of carbonyl (C=O) groups is 1. The second kappa shape index (κ2) is 8.35. The summed E-state index contributed by atoms with van der Waals surface area (Å²) >= 11 is 6.04. The van der Waals surface area contributed by atoms with Gasteiger partial charge in [-0.3, -0.25) is 0 Å². The summed E-state index contributed by atoms with van der Waals surface area (Å²) in [5.41, 5.74) is 0.402. The van der Waals surface area contributed by atoms with Crippen LogP contribution in [-0.4, -0.2) is 45.0 Å². The number of ether oxygens (including phenoxy) is 2. The number of hydrogen-bond acceptors (Lipinski definition) is 5. The predicted octanol–water partition coefficient (Wildman–Crippen LogP) is 2.86. The van der Waals surface area contributed by atoms with Crippen molar-refractivity contribution >= 4 is 27.6 Å². The summed E-state index contributed by atoms with van der Waals surface area (Å²) in [7, 11) is -3.77. The minimum absolute atomic E-state index is 0.0495. The summed E-state index contributed by atoms with van der Waals surface area (Å²) < 4.78 is 50.2. The fraction of sp³-hybridized carbons (Fsp3) is 0.278. The van der Waals surface area contributed by atoms with E-state index in [0.29, 0.717) is 18.8 Å². The number of benzene rings is 2. The van der Waals surface area contributed by atoms with Crippen LogP contribution in [0.4, 0.5) is 4.39 Å². The Hall–Kier alpha value is -2.00. The van der Waals surface area contributed by atoms with Crippen LogP contribution in [0.25, 0.3) is 0 Å². The van der Waals surface area contributed by atoms with Crippen LogP contribution in [0.5, 0.6) is 0 Å². The molecule has 144 valence electrons. The predicted molar refractivity (Wildman–Crippen MR) is 96.5 cm³/mol. The molecule has 1 aliphatic heterocycles. The Bertz CT molecular complexity index is 945. The number of hydrogen-bond donors (Lipinski definition) is 0. The van der Waals surface area contributed by atoms with Crippen molar-refractivity contribution in [3.05, 3.63) is 64.4 Å². The molecule has 0 atom stereocenters. The first-order chi connectivity index (χ1) is 12.9. The molecule has 0 unspecified atom stereocenters. The topological polar surface area (TPSA) is 72.9 Å². The van der Waals surface area contributed by atoms with E-state index in [1.54, 1.807) is 6.07 Å². The van der Waals surface area contributed by atoms with Gasteiger partial charge in [0.25, 0.3) is 0 Å². The summed E-state index contributed by atoms with van der Waals surface area (Å²) in [5, 5.41) is 0.0696. The molecule has 3 rings (SSSR count). The van der Waals surface area contributed by atoms with Gasteiger partial charge in [-0.05, 0) is 35.9 Å². The number of morpholine rings is 1. The minimum Gasteiger partial charge on any atom is -0.457 e. The maximum absolute atomic E-state index is 13.2. The van der Waals surface area contributed by atoms with Crippen molar-refractivity contribution in [1.29, 1.82) is 0 Å². The van der Waals surface area contributed by atoms with Gasteiger partial charge in [0, 0.05) is 13.1 Å². The van der Waals surface area contributed by atoms with Crippen molar-refractivity contribution in [2.45, 2.75) is 11.5 Å². The first kappa shape index (κ1) is 19.8. The molecule has 1 heterocycles. The summed E-state index contributed by atoms with van der Waals surface area (Å²) in [4.78, 5) is 12.3. The molecule has 6 nitrogen and oxygen atoms in total. The SMILES string of the molecule is O=C(OCc1cccc(F)c1)c1cc(S(=O)(=O)N2CCOCC2)ccc1Cl. The molecule has 1 fully saturated rings. The third-order valence-electron chi connectivity index (χ3n) is 4.02. The van der Waals surface area contributed by atoms with Crippen molar-refractivity contribution < 1.29 is 27.1 Å². The standard InChI is InChI=1S/C18H17ClFNO5S/c19-17-5-4-15(27(23,24)21-6-8-25-9-7-21)11-16(17)18(22)26-12-13-2-1-3-14(20)10-13/h1-5,10-11H,6-9,12H2. The largest absolute Gasteiger partial charge is 0.457 e. The van der Waals surface area contributed by atoms with Crippen LogP contribution in [0.1, 0.15) is 15.9 Å². The molecule has 0 spiro atoms. The Morgan fingerprint density at radius 2 is 1.93 bits per heavy atom. The minimum atomic E-state index is -3.77. The van der Waals surface area contributed by atoms with E-state index in [2.05, 4.69) is 0 Å². The highest BCUT2D eigenvalue weighted by Crippen LogP contribution is 2.24. The zero-order chi connectivity index (χ0) is 19.4. The van der Waals surface area contributed by atoms with Crippen LogP contribution in [0, 0.1) is 5.82 Å². The monoisotopic (exact) mass is 413 g/mol. The molecule has 27 heavy (non-hydrogen) atoms. The van der Waals surface area contributed by atoms with E-state index in [9.17, 15) is 17.6 Å². The highest BCUT2D eigenvalue weighted by atomic mass is 35.5. The van der Waals surface area contributed by atoms with Crippen molar-refractivity contribution in [1.82, 2.24) is 4.31 Å². The second-order valence-electron chi connectivity index (χ2n) is 5.86. The first-order valence-corrected chi connectivity index (χ1v) is 9.99. The fourth-order valence-corrected chi connectivity index (χ4v) is 4.24. The lowest BCUT2D eigenvalue weighted by molar-refractivity contribution is 0.0472. The highest BCUT2D eigenvalue weighted by molar-refractivity contribution is 7.89. The van der Waals surface area contributed by atoms with Crippen LogP contribution in [0.2, 0.25) is 5.02 Å². The van der Waals surface area contributed by atoms with Gasteiger partial charge >= 0.3 is 5.97 Å². The Labute approximate surface area is 161 Å². The lowest BCUT2D eigenvalue weighted by Gasteiger charge is -2.26. The number of esters is 1. The van der Waals surface area contributed by atoms with E-state index < -0.39 is 21.8 Å². The molecule has 0 aromatic heterocycles. The molecule has 0 saturated carbocycles. The van der Waals surface area contributed by atoms with Crippen molar-refractivity contribution in [3.8, 4) is 0 Å². The first-order valence-electron chi connectivity index (χ1n) is 8.17. The molecule has 2 aromatic carbocycles. The van der Waals surface area contributed by atoms with E-state index in [1.807, 2.05) is 0 Å². The number of nitrogens with zero attached hydrogens (tertiary/aromatic N) is 1. The number of carbonyl (C=O) groups excluding carboxylic acids is 1. The third-order valence-corrected chi connectivity index (χ3v) is 6.25. The Morgan fingerprint density at radius 3 is 2.63 bits per heavy atom. The van der Waals surface area contributed by atoms with Gasteiger partial charge in [-0.1, -0.05) is 23.7 Å². The summed E-state index contributed by atoms with van der Waals surface area (Å²) in [6.45, 7) is 0.951. The van der Waals surface area contributed by atoms with Gasteiger partial charge in [0.05, 0.1) is 28.7 Å². The Morgan fingerprint density at radius 1 is 1.19 bits per heavy atom. The Kier molecular flexibility index (Phi) is 6.11. The van der Waals surface area contributed by atoms with Gasteiger partial charge in [0.15, 0.2) is 0 Å². The Balaban J connectivity index is 1.79. The van der Waals surface area contributed by atoms with Gasteiger partial charge in [-0.15, -0.1) is 0 Å². The van der Waals surface area contributed by atoms with Crippen LogP contribution >= 0.6 is 11.6 Å². The molecule has 0 bridgehead atoms. The van der Waals surface area contributed by atoms with Gasteiger partial charge in [0.2, 0.25) is 10.0 Å². The van der Waals surface area contributed by atoms with Gasteiger partial charge < -0.3 is 9.47 Å². The molecular formula is C18H17ClFNO5S. The van der Waals surface area contributed by atoms with E-state index in [1.165, 1.54) is 40.7 Å². The van der Waals surface area contributed by atoms with Crippen molar-refractivity contribution in [2.24, 2.45) is 0 Å². The van der Waals surface area contributed by atoms with E-state index in [-0.39, 0.29) is 35.2 Å². The molecule has 1 aliphatic rings. The maximum Gasteiger partial charge on any atom is 0.340 e. The lowest BCUT2D eigenvalue weighted by Crippen LogP contribution is -2.40. The zero-order valence-electron chi connectivity index (χ0n) is 14.2.